The standard InChI is InChI=1S/C34H44F2N5O3/c1-4-41(16-6-5-7-17-41)22-44-33(42)24-8-11-27(12-9-24)34(3,43)29-13-10-26(21-38-29)28-18-23(2)19-31(39-28)40-30-20-25(32(35)36)14-15-37-30/h10,13-15,18-21,24,27,32,43H,4-9,11-12,16-17,22H2,1-3H3,(H,37,39,40)/q+1/t24-,27-,34-/m1/s1. The molecule has 0 amide bonds. The highest BCUT2D eigenvalue weighted by atomic mass is 19.3. The number of rotatable bonds is 10. The molecular formula is C34H44F2N5O3+. The fourth-order valence-electron chi connectivity index (χ4n) is 6.64. The number of piperidine rings is 1. The normalized spacial score (nSPS) is 21.4. The van der Waals surface area contributed by atoms with E-state index in [-0.39, 0.29) is 29.2 Å². The number of carbonyl (C=O) groups excluding carboxylic acids is 1. The number of ether oxygens (including phenoxy) is 1. The summed E-state index contributed by atoms with van der Waals surface area (Å²) in [5, 5.41) is 14.6. The molecular weight excluding hydrogens is 564 g/mol. The first-order valence-corrected chi connectivity index (χ1v) is 15.8. The number of quaternary nitrogens is 1. The van der Waals surface area contributed by atoms with Crippen LogP contribution in [0.25, 0.3) is 11.3 Å². The van der Waals surface area contributed by atoms with Gasteiger partial charge < -0.3 is 15.2 Å². The maximum atomic E-state index is 13.1. The molecule has 1 aliphatic heterocycles. The molecule has 10 heteroatoms. The van der Waals surface area contributed by atoms with E-state index in [0.717, 1.165) is 48.1 Å². The second-order valence-electron chi connectivity index (χ2n) is 12.7. The third kappa shape index (κ3) is 7.41. The molecule has 236 valence electrons. The molecule has 3 aromatic heterocycles. The molecule has 3 aromatic rings. The topological polar surface area (TPSA) is 97.2 Å². The van der Waals surface area contributed by atoms with Crippen molar-refractivity contribution in [1.82, 2.24) is 15.0 Å². The lowest BCUT2D eigenvalue weighted by molar-refractivity contribution is -0.946. The number of pyridine rings is 3. The number of alkyl halides is 2. The van der Waals surface area contributed by atoms with Gasteiger partial charge in [0.05, 0.1) is 36.9 Å². The van der Waals surface area contributed by atoms with Crippen LogP contribution in [0, 0.1) is 18.8 Å². The minimum absolute atomic E-state index is 0.0228. The van der Waals surface area contributed by atoms with Crippen molar-refractivity contribution in [2.75, 3.05) is 31.7 Å². The summed E-state index contributed by atoms with van der Waals surface area (Å²) in [5.74, 6) is 0.521. The molecule has 1 saturated carbocycles. The molecule has 2 N–H and O–H groups in total. The van der Waals surface area contributed by atoms with Crippen molar-refractivity contribution in [1.29, 1.82) is 0 Å². The van der Waals surface area contributed by atoms with E-state index < -0.39 is 12.0 Å². The number of halogens is 2. The zero-order valence-electron chi connectivity index (χ0n) is 25.9. The first-order valence-electron chi connectivity index (χ1n) is 15.8. The molecule has 0 aromatic carbocycles. The highest BCUT2D eigenvalue weighted by Gasteiger charge is 2.40. The van der Waals surface area contributed by atoms with Crippen molar-refractivity contribution in [3.05, 3.63) is 65.6 Å². The van der Waals surface area contributed by atoms with Crippen LogP contribution in [0.4, 0.5) is 20.4 Å². The first-order chi connectivity index (χ1) is 21.1. The largest absolute Gasteiger partial charge is 0.415 e. The van der Waals surface area contributed by atoms with Gasteiger partial charge in [0, 0.05) is 23.5 Å². The molecule has 5 rings (SSSR count). The van der Waals surface area contributed by atoms with Crippen LogP contribution in [0.2, 0.25) is 0 Å². The van der Waals surface area contributed by atoms with Gasteiger partial charge in [-0.2, -0.15) is 0 Å². The van der Waals surface area contributed by atoms with Gasteiger partial charge >= 0.3 is 5.97 Å². The van der Waals surface area contributed by atoms with Crippen molar-refractivity contribution in [3.63, 3.8) is 0 Å². The molecule has 2 fully saturated rings. The number of likely N-dealkylation sites (tertiary alicyclic amines) is 1. The van der Waals surface area contributed by atoms with Gasteiger partial charge in [-0.15, -0.1) is 0 Å². The van der Waals surface area contributed by atoms with Crippen LogP contribution in [0.3, 0.4) is 0 Å². The Kier molecular flexibility index (Phi) is 9.90. The number of hydrogen-bond donors (Lipinski definition) is 2. The Balaban J connectivity index is 1.20. The number of anilines is 2. The van der Waals surface area contributed by atoms with Gasteiger partial charge in [0.25, 0.3) is 6.43 Å². The highest BCUT2D eigenvalue weighted by molar-refractivity contribution is 5.72. The van der Waals surface area contributed by atoms with Crippen LogP contribution in [-0.2, 0) is 15.1 Å². The molecule has 0 bridgehead atoms. The van der Waals surface area contributed by atoms with Crippen LogP contribution in [-0.4, -0.2) is 56.9 Å². The molecule has 1 saturated heterocycles. The van der Waals surface area contributed by atoms with E-state index in [0.29, 0.717) is 36.8 Å². The summed E-state index contributed by atoms with van der Waals surface area (Å²) in [6.45, 7) is 9.53. The van der Waals surface area contributed by atoms with Crippen molar-refractivity contribution < 1.29 is 27.9 Å². The zero-order valence-corrected chi connectivity index (χ0v) is 25.9. The first kappa shape index (κ1) is 31.9. The van der Waals surface area contributed by atoms with Gasteiger partial charge in [-0.3, -0.25) is 14.3 Å². The monoisotopic (exact) mass is 608 g/mol. The number of esters is 1. The zero-order chi connectivity index (χ0) is 31.3. The maximum absolute atomic E-state index is 13.1. The van der Waals surface area contributed by atoms with Gasteiger partial charge in [-0.05, 0) is 114 Å². The van der Waals surface area contributed by atoms with Crippen molar-refractivity contribution in [3.8, 4) is 11.3 Å². The lowest BCUT2D eigenvalue weighted by Gasteiger charge is -2.40. The summed E-state index contributed by atoms with van der Waals surface area (Å²) < 4.78 is 33.0. The highest BCUT2D eigenvalue weighted by Crippen LogP contribution is 2.41. The number of nitrogens with one attached hydrogen (secondary N) is 1. The molecule has 2 aliphatic rings. The van der Waals surface area contributed by atoms with Crippen molar-refractivity contribution >= 4 is 17.6 Å². The summed E-state index contributed by atoms with van der Waals surface area (Å²) in [6, 6.07) is 10.0. The minimum Gasteiger partial charge on any atom is -0.415 e. The molecule has 4 heterocycles. The van der Waals surface area contributed by atoms with E-state index in [2.05, 4.69) is 27.2 Å². The van der Waals surface area contributed by atoms with Gasteiger partial charge in [0.15, 0.2) is 0 Å². The van der Waals surface area contributed by atoms with Gasteiger partial charge in [-0.1, -0.05) is 0 Å². The van der Waals surface area contributed by atoms with Crippen LogP contribution < -0.4 is 5.32 Å². The number of aliphatic hydroxyl groups is 1. The summed E-state index contributed by atoms with van der Waals surface area (Å²) in [5.41, 5.74) is 1.66. The Hall–Kier alpha value is -3.50. The quantitative estimate of drug-likeness (QED) is 0.188. The fraction of sp³-hybridized carbons (Fsp3) is 0.529. The minimum atomic E-state index is -2.59. The molecule has 44 heavy (non-hydrogen) atoms. The smallest absolute Gasteiger partial charge is 0.313 e. The lowest BCUT2D eigenvalue weighted by atomic mass is 9.73. The number of aryl methyl sites for hydroxylation is 1. The lowest BCUT2D eigenvalue weighted by Crippen LogP contribution is -2.53. The van der Waals surface area contributed by atoms with E-state index in [4.69, 9.17) is 4.74 Å². The SMILES string of the molecule is CC[N+]1(COC(=O)[C@H]2CC[C@H]([C@@](C)(O)c3ccc(-c4cc(C)cc(Nc5cc(C(F)F)ccn5)n4)cn3)CC2)CCCCC1. The van der Waals surface area contributed by atoms with Gasteiger partial charge in [-0.25, -0.2) is 18.7 Å². The molecule has 0 radical (unpaired) electrons. The van der Waals surface area contributed by atoms with E-state index >= 15 is 0 Å². The molecule has 1 atom stereocenters. The summed E-state index contributed by atoms with van der Waals surface area (Å²) >= 11 is 0. The van der Waals surface area contributed by atoms with E-state index in [1.54, 1.807) is 13.1 Å². The molecule has 8 nitrogen and oxygen atoms in total. The average Bonchev–Trinajstić information content (AvgIpc) is 3.04. The van der Waals surface area contributed by atoms with Gasteiger partial charge in [0.1, 0.15) is 17.2 Å². The van der Waals surface area contributed by atoms with Crippen LogP contribution in [0.5, 0.6) is 0 Å². The average molecular weight is 609 g/mol. The van der Waals surface area contributed by atoms with E-state index in [1.807, 2.05) is 31.2 Å². The van der Waals surface area contributed by atoms with Crippen molar-refractivity contribution in [2.45, 2.75) is 77.7 Å². The van der Waals surface area contributed by atoms with E-state index in [1.165, 1.54) is 37.6 Å². The second-order valence-corrected chi connectivity index (χ2v) is 12.7. The Labute approximate surface area is 258 Å². The number of nitrogens with zero attached hydrogens (tertiary/aromatic N) is 4. The van der Waals surface area contributed by atoms with Crippen LogP contribution >= 0.6 is 0 Å². The molecule has 1 aliphatic carbocycles. The summed E-state index contributed by atoms with van der Waals surface area (Å²) in [4.78, 5) is 26.3. The predicted octanol–water partition coefficient (Wildman–Crippen LogP) is 7.06. The fourth-order valence-corrected chi connectivity index (χ4v) is 6.64. The Morgan fingerprint density at radius 2 is 1.82 bits per heavy atom. The third-order valence-corrected chi connectivity index (χ3v) is 9.61. The Morgan fingerprint density at radius 3 is 2.48 bits per heavy atom. The molecule has 0 spiro atoms. The predicted molar refractivity (Wildman–Crippen MR) is 165 cm³/mol. The molecule has 0 unspecified atom stereocenters. The van der Waals surface area contributed by atoms with Crippen LogP contribution in [0.1, 0.15) is 82.0 Å². The number of aromatic nitrogens is 3. The number of carbonyl (C=O) groups is 1. The third-order valence-electron chi connectivity index (χ3n) is 9.61. The summed E-state index contributed by atoms with van der Waals surface area (Å²) in [6.07, 6.45) is 6.93. The number of hydrogen-bond acceptors (Lipinski definition) is 7. The van der Waals surface area contributed by atoms with Crippen molar-refractivity contribution in [2.24, 2.45) is 11.8 Å². The van der Waals surface area contributed by atoms with Crippen LogP contribution in [0.15, 0.2) is 48.8 Å². The maximum Gasteiger partial charge on any atom is 0.313 e. The Morgan fingerprint density at radius 1 is 1.07 bits per heavy atom. The Bertz CT molecular complexity index is 1420. The van der Waals surface area contributed by atoms with E-state index in [9.17, 15) is 18.7 Å². The summed E-state index contributed by atoms with van der Waals surface area (Å²) in [7, 11) is 0. The second kappa shape index (κ2) is 13.6. The van der Waals surface area contributed by atoms with Gasteiger partial charge in [0.2, 0.25) is 6.73 Å².